The fraction of sp³-hybridized carbons (Fsp3) is 0.333. The van der Waals surface area contributed by atoms with Gasteiger partial charge in [0, 0.05) is 12.1 Å². The summed E-state index contributed by atoms with van der Waals surface area (Å²) in [4.78, 5) is 19.9. The van der Waals surface area contributed by atoms with Crippen molar-refractivity contribution in [3.63, 3.8) is 0 Å². The zero-order chi connectivity index (χ0) is 15.9. The molecular formula is C15H14F3N3O. The predicted octanol–water partition coefficient (Wildman–Crippen LogP) is 3.37. The number of hydrogen-bond donors (Lipinski definition) is 1. The Balaban J connectivity index is 1.93. The van der Waals surface area contributed by atoms with Crippen LogP contribution in [0.2, 0.25) is 0 Å². The molecule has 3 rings (SSSR count). The van der Waals surface area contributed by atoms with Crippen LogP contribution in [0, 0.1) is 0 Å². The largest absolute Gasteiger partial charge is 0.449 e. The molecule has 1 aromatic heterocycles. The average molecular weight is 309 g/mol. The van der Waals surface area contributed by atoms with E-state index < -0.39 is 12.0 Å². The van der Waals surface area contributed by atoms with Gasteiger partial charge in [-0.05, 0) is 24.6 Å². The number of imidazole rings is 1. The number of fused-ring (bicyclic) bond motifs is 1. The molecule has 0 fully saturated rings. The molecule has 1 aliphatic rings. The van der Waals surface area contributed by atoms with Crippen LogP contribution in [0.5, 0.6) is 0 Å². The number of alkyl halides is 3. The van der Waals surface area contributed by atoms with E-state index in [9.17, 15) is 18.0 Å². The summed E-state index contributed by atoms with van der Waals surface area (Å²) in [5.74, 6) is -1.25. The zero-order valence-corrected chi connectivity index (χ0v) is 11.8. The molecule has 1 amide bonds. The SMILES string of the molecule is CC[C@H]1C=CCN1C(=O)c1ccc2nc(C(F)(F)F)[nH]c2c1. The van der Waals surface area contributed by atoms with E-state index in [0.717, 1.165) is 6.42 Å². The van der Waals surface area contributed by atoms with Crippen molar-refractivity contribution in [2.24, 2.45) is 0 Å². The second kappa shape index (κ2) is 5.15. The van der Waals surface area contributed by atoms with Crippen LogP contribution in [0.25, 0.3) is 11.0 Å². The van der Waals surface area contributed by atoms with Crippen LogP contribution in [0.3, 0.4) is 0 Å². The average Bonchev–Trinajstić information content (AvgIpc) is 3.11. The first kappa shape index (κ1) is 14.6. The molecule has 0 aliphatic carbocycles. The lowest BCUT2D eigenvalue weighted by molar-refractivity contribution is -0.144. The van der Waals surface area contributed by atoms with Crippen molar-refractivity contribution < 1.29 is 18.0 Å². The lowest BCUT2D eigenvalue weighted by Gasteiger charge is -2.23. The number of amides is 1. The fourth-order valence-electron chi connectivity index (χ4n) is 2.60. The highest BCUT2D eigenvalue weighted by molar-refractivity contribution is 5.98. The van der Waals surface area contributed by atoms with Crippen molar-refractivity contribution in [3.05, 3.63) is 41.7 Å². The molecule has 0 bridgehead atoms. The maximum atomic E-state index is 12.7. The summed E-state index contributed by atoms with van der Waals surface area (Å²) in [5.41, 5.74) is 0.751. The molecule has 0 unspecified atom stereocenters. The second-order valence-corrected chi connectivity index (χ2v) is 5.18. The van der Waals surface area contributed by atoms with Crippen LogP contribution >= 0.6 is 0 Å². The Labute approximate surface area is 124 Å². The third kappa shape index (κ3) is 2.47. The van der Waals surface area contributed by atoms with Gasteiger partial charge < -0.3 is 9.88 Å². The Morgan fingerprint density at radius 3 is 2.91 bits per heavy atom. The first-order valence-corrected chi connectivity index (χ1v) is 6.94. The van der Waals surface area contributed by atoms with Crippen LogP contribution in [-0.2, 0) is 6.18 Å². The van der Waals surface area contributed by atoms with Crippen molar-refractivity contribution >= 4 is 16.9 Å². The first-order valence-electron chi connectivity index (χ1n) is 6.94. The normalized spacial score (nSPS) is 18.4. The summed E-state index contributed by atoms with van der Waals surface area (Å²) in [6.45, 7) is 2.50. The third-order valence-electron chi connectivity index (χ3n) is 3.74. The number of nitrogens with one attached hydrogen (secondary N) is 1. The summed E-state index contributed by atoms with van der Waals surface area (Å²) in [5, 5.41) is 0. The van der Waals surface area contributed by atoms with Crippen LogP contribution in [0.4, 0.5) is 13.2 Å². The smallest absolute Gasteiger partial charge is 0.334 e. The number of halogens is 3. The standard InChI is InChI=1S/C15H14F3N3O/c1-2-10-4-3-7-21(10)13(22)9-5-6-11-12(8-9)20-14(19-11)15(16,17)18/h3-6,8,10H,2,7H2,1H3,(H,19,20)/t10-/m0/s1. The topological polar surface area (TPSA) is 49.0 Å². The lowest BCUT2D eigenvalue weighted by Crippen LogP contribution is -2.35. The van der Waals surface area contributed by atoms with Crippen LogP contribution < -0.4 is 0 Å². The van der Waals surface area contributed by atoms with Gasteiger partial charge >= 0.3 is 6.18 Å². The number of carbonyl (C=O) groups is 1. The molecule has 0 radical (unpaired) electrons. The van der Waals surface area contributed by atoms with Gasteiger partial charge in [0.25, 0.3) is 5.91 Å². The van der Waals surface area contributed by atoms with Crippen molar-refractivity contribution in [2.75, 3.05) is 6.54 Å². The molecule has 2 aromatic rings. The monoisotopic (exact) mass is 309 g/mol. The molecule has 1 atom stereocenters. The molecule has 1 aliphatic heterocycles. The van der Waals surface area contributed by atoms with Gasteiger partial charge in [0.1, 0.15) is 0 Å². The number of benzene rings is 1. The van der Waals surface area contributed by atoms with Crippen molar-refractivity contribution in [3.8, 4) is 0 Å². The number of aromatic amines is 1. The summed E-state index contributed by atoms with van der Waals surface area (Å²) < 4.78 is 38.0. The third-order valence-corrected chi connectivity index (χ3v) is 3.74. The fourth-order valence-corrected chi connectivity index (χ4v) is 2.60. The molecule has 2 heterocycles. The van der Waals surface area contributed by atoms with Crippen molar-refractivity contribution in [2.45, 2.75) is 25.6 Å². The van der Waals surface area contributed by atoms with Gasteiger partial charge in [0.05, 0.1) is 17.1 Å². The quantitative estimate of drug-likeness (QED) is 0.865. The number of nitrogens with zero attached hydrogens (tertiary/aromatic N) is 2. The molecule has 7 heteroatoms. The molecule has 0 saturated heterocycles. The van der Waals surface area contributed by atoms with Gasteiger partial charge in [-0.3, -0.25) is 4.79 Å². The minimum absolute atomic E-state index is 0.0377. The lowest BCUT2D eigenvalue weighted by atomic mass is 10.1. The van der Waals surface area contributed by atoms with Gasteiger partial charge in [-0.1, -0.05) is 19.1 Å². The maximum absolute atomic E-state index is 12.7. The summed E-state index contributed by atoms with van der Waals surface area (Å²) in [6.07, 6.45) is 0.152. The second-order valence-electron chi connectivity index (χ2n) is 5.18. The van der Waals surface area contributed by atoms with Gasteiger partial charge in [-0.2, -0.15) is 13.2 Å². The molecule has 22 heavy (non-hydrogen) atoms. The van der Waals surface area contributed by atoms with Gasteiger partial charge in [-0.15, -0.1) is 0 Å². The van der Waals surface area contributed by atoms with Crippen LogP contribution in [0.1, 0.15) is 29.5 Å². The first-order chi connectivity index (χ1) is 10.4. The van der Waals surface area contributed by atoms with Gasteiger partial charge in [-0.25, -0.2) is 4.98 Å². The Bertz CT molecular complexity index is 748. The number of aromatic nitrogens is 2. The molecule has 116 valence electrons. The zero-order valence-electron chi connectivity index (χ0n) is 11.8. The van der Waals surface area contributed by atoms with E-state index in [0.29, 0.717) is 12.1 Å². The Kier molecular flexibility index (Phi) is 3.42. The molecule has 0 spiro atoms. The molecule has 0 saturated carbocycles. The van der Waals surface area contributed by atoms with Crippen LogP contribution in [0.15, 0.2) is 30.4 Å². The molecule has 1 aromatic carbocycles. The molecule has 1 N–H and O–H groups in total. The van der Waals surface area contributed by atoms with Crippen molar-refractivity contribution in [1.82, 2.24) is 14.9 Å². The summed E-state index contributed by atoms with van der Waals surface area (Å²) in [6, 6.07) is 4.40. The highest BCUT2D eigenvalue weighted by atomic mass is 19.4. The van der Waals surface area contributed by atoms with E-state index >= 15 is 0 Å². The highest BCUT2D eigenvalue weighted by Crippen LogP contribution is 2.29. The number of carbonyl (C=O) groups excluding carboxylic acids is 1. The minimum Gasteiger partial charge on any atom is -0.334 e. The van der Waals surface area contributed by atoms with E-state index in [1.54, 1.807) is 4.90 Å². The Hall–Kier alpha value is -2.31. The molecule has 4 nitrogen and oxygen atoms in total. The van der Waals surface area contributed by atoms with E-state index in [2.05, 4.69) is 9.97 Å². The molecular weight excluding hydrogens is 295 g/mol. The van der Waals surface area contributed by atoms with E-state index in [1.807, 2.05) is 19.1 Å². The summed E-state index contributed by atoms with van der Waals surface area (Å²) >= 11 is 0. The van der Waals surface area contributed by atoms with Gasteiger partial charge in [0.2, 0.25) is 5.82 Å². The number of rotatable bonds is 2. The van der Waals surface area contributed by atoms with E-state index in [4.69, 9.17) is 0 Å². The summed E-state index contributed by atoms with van der Waals surface area (Å²) in [7, 11) is 0. The highest BCUT2D eigenvalue weighted by Gasteiger charge is 2.35. The van der Waals surface area contributed by atoms with Crippen LogP contribution in [-0.4, -0.2) is 33.4 Å². The Morgan fingerprint density at radius 1 is 1.45 bits per heavy atom. The Morgan fingerprint density at radius 2 is 2.23 bits per heavy atom. The van der Waals surface area contributed by atoms with Gasteiger partial charge in [0.15, 0.2) is 0 Å². The minimum atomic E-state index is -4.53. The number of H-pyrrole nitrogens is 1. The van der Waals surface area contributed by atoms with Crippen molar-refractivity contribution in [1.29, 1.82) is 0 Å². The van der Waals surface area contributed by atoms with E-state index in [-0.39, 0.29) is 23.0 Å². The van der Waals surface area contributed by atoms with E-state index in [1.165, 1.54) is 18.2 Å². The maximum Gasteiger partial charge on any atom is 0.449 e. The predicted molar refractivity (Wildman–Crippen MR) is 75.4 cm³/mol. The number of hydrogen-bond acceptors (Lipinski definition) is 2.